The summed E-state index contributed by atoms with van der Waals surface area (Å²) in [6, 6.07) is 8.79. The zero-order valence-corrected chi connectivity index (χ0v) is 14.8. The summed E-state index contributed by atoms with van der Waals surface area (Å²) in [5.41, 5.74) is 1.93. The molecule has 0 bridgehead atoms. The van der Waals surface area contributed by atoms with Gasteiger partial charge in [-0.1, -0.05) is 36.0 Å². The van der Waals surface area contributed by atoms with Gasteiger partial charge in [0, 0.05) is 18.1 Å². The summed E-state index contributed by atoms with van der Waals surface area (Å²) >= 11 is 12.1. The standard InChI is InChI=1S/C18H19Cl2N3O/c19-13-5-7-15(20)17(11-13)22-14-6-8-16(21-12-14)18(24)23-9-3-1-2-4-10-23/h5-8,11-12,22H,1-4,9-10H2. The minimum Gasteiger partial charge on any atom is -0.353 e. The Morgan fingerprint density at radius 2 is 1.79 bits per heavy atom. The Balaban J connectivity index is 1.70. The molecule has 126 valence electrons. The van der Waals surface area contributed by atoms with Crippen LogP contribution in [0.2, 0.25) is 10.0 Å². The Morgan fingerprint density at radius 3 is 2.46 bits per heavy atom. The Hall–Kier alpha value is -1.78. The highest BCUT2D eigenvalue weighted by molar-refractivity contribution is 6.35. The minimum absolute atomic E-state index is 0.00392. The summed E-state index contributed by atoms with van der Waals surface area (Å²) in [7, 11) is 0. The molecule has 4 nitrogen and oxygen atoms in total. The van der Waals surface area contributed by atoms with Gasteiger partial charge in [0.15, 0.2) is 0 Å². The summed E-state index contributed by atoms with van der Waals surface area (Å²) in [4.78, 5) is 18.7. The van der Waals surface area contributed by atoms with E-state index in [1.807, 2.05) is 11.0 Å². The molecule has 2 heterocycles. The first-order valence-corrected chi connectivity index (χ1v) is 8.86. The number of amides is 1. The molecule has 2 aromatic rings. The molecule has 0 atom stereocenters. The van der Waals surface area contributed by atoms with Gasteiger partial charge in [-0.05, 0) is 43.2 Å². The Kier molecular flexibility index (Phi) is 5.59. The van der Waals surface area contributed by atoms with E-state index >= 15 is 0 Å². The maximum Gasteiger partial charge on any atom is 0.272 e. The van der Waals surface area contributed by atoms with Crippen LogP contribution in [0.25, 0.3) is 0 Å². The lowest BCUT2D eigenvalue weighted by Gasteiger charge is -2.19. The molecule has 0 unspecified atom stereocenters. The normalized spacial score (nSPS) is 15.0. The maximum absolute atomic E-state index is 12.5. The van der Waals surface area contributed by atoms with Gasteiger partial charge < -0.3 is 10.2 Å². The number of likely N-dealkylation sites (tertiary alicyclic amines) is 1. The second-order valence-corrected chi connectivity index (χ2v) is 6.73. The van der Waals surface area contributed by atoms with Crippen molar-refractivity contribution in [2.75, 3.05) is 18.4 Å². The second-order valence-electron chi connectivity index (χ2n) is 5.89. The molecule has 1 aliphatic heterocycles. The summed E-state index contributed by atoms with van der Waals surface area (Å²) in [5, 5.41) is 4.34. The van der Waals surface area contributed by atoms with Crippen molar-refractivity contribution < 1.29 is 4.79 Å². The highest BCUT2D eigenvalue weighted by Gasteiger charge is 2.18. The molecule has 3 rings (SSSR count). The third-order valence-electron chi connectivity index (χ3n) is 4.08. The van der Waals surface area contributed by atoms with Crippen LogP contribution in [0.15, 0.2) is 36.5 Å². The number of nitrogens with one attached hydrogen (secondary N) is 1. The molecule has 1 saturated heterocycles. The fourth-order valence-corrected chi connectivity index (χ4v) is 3.12. The molecule has 6 heteroatoms. The molecule has 1 aliphatic rings. The van der Waals surface area contributed by atoms with E-state index in [1.165, 1.54) is 12.8 Å². The molecule has 1 aromatic heterocycles. The number of hydrogen-bond donors (Lipinski definition) is 1. The van der Waals surface area contributed by atoms with Crippen molar-refractivity contribution in [3.8, 4) is 0 Å². The molecule has 1 N–H and O–H groups in total. The topological polar surface area (TPSA) is 45.2 Å². The van der Waals surface area contributed by atoms with Crippen LogP contribution in [-0.4, -0.2) is 28.9 Å². The van der Waals surface area contributed by atoms with Crippen molar-refractivity contribution in [2.45, 2.75) is 25.7 Å². The van der Waals surface area contributed by atoms with Gasteiger partial charge in [0.25, 0.3) is 5.91 Å². The lowest BCUT2D eigenvalue weighted by molar-refractivity contribution is 0.0756. The number of pyridine rings is 1. The highest BCUT2D eigenvalue weighted by Crippen LogP contribution is 2.28. The summed E-state index contributed by atoms with van der Waals surface area (Å²) in [6.45, 7) is 1.64. The van der Waals surface area contributed by atoms with Crippen LogP contribution >= 0.6 is 23.2 Å². The van der Waals surface area contributed by atoms with Crippen molar-refractivity contribution in [1.82, 2.24) is 9.88 Å². The molecule has 0 spiro atoms. The van der Waals surface area contributed by atoms with Crippen LogP contribution in [0.4, 0.5) is 11.4 Å². The SMILES string of the molecule is O=C(c1ccc(Nc2cc(Cl)ccc2Cl)cn1)N1CCCCCC1. The fraction of sp³-hybridized carbons (Fsp3) is 0.333. The van der Waals surface area contributed by atoms with Crippen LogP contribution in [0, 0.1) is 0 Å². The average molecular weight is 364 g/mol. The number of hydrogen-bond acceptors (Lipinski definition) is 3. The first kappa shape index (κ1) is 17.1. The van der Waals surface area contributed by atoms with E-state index in [9.17, 15) is 4.79 Å². The van der Waals surface area contributed by atoms with Crippen molar-refractivity contribution in [1.29, 1.82) is 0 Å². The highest BCUT2D eigenvalue weighted by atomic mass is 35.5. The lowest BCUT2D eigenvalue weighted by Crippen LogP contribution is -2.32. The van der Waals surface area contributed by atoms with Crippen LogP contribution in [0.1, 0.15) is 36.2 Å². The van der Waals surface area contributed by atoms with E-state index in [1.54, 1.807) is 30.5 Å². The number of aromatic nitrogens is 1. The molecular weight excluding hydrogens is 345 g/mol. The van der Waals surface area contributed by atoms with Gasteiger partial charge in [0.2, 0.25) is 0 Å². The number of rotatable bonds is 3. The summed E-state index contributed by atoms with van der Waals surface area (Å²) in [5.74, 6) is 0.00392. The molecule has 1 fully saturated rings. The Bertz CT molecular complexity index is 711. The third kappa shape index (κ3) is 4.19. The van der Waals surface area contributed by atoms with Gasteiger partial charge in [-0.15, -0.1) is 0 Å². The zero-order chi connectivity index (χ0) is 16.9. The van der Waals surface area contributed by atoms with E-state index in [2.05, 4.69) is 10.3 Å². The minimum atomic E-state index is 0.00392. The number of carbonyl (C=O) groups is 1. The van der Waals surface area contributed by atoms with Crippen molar-refractivity contribution >= 4 is 40.5 Å². The van der Waals surface area contributed by atoms with Crippen LogP contribution < -0.4 is 5.32 Å². The first-order chi connectivity index (χ1) is 11.6. The van der Waals surface area contributed by atoms with Crippen LogP contribution in [0.5, 0.6) is 0 Å². The number of halogens is 2. The van der Waals surface area contributed by atoms with E-state index in [0.29, 0.717) is 21.4 Å². The molecule has 1 amide bonds. The smallest absolute Gasteiger partial charge is 0.272 e. The quantitative estimate of drug-likeness (QED) is 0.819. The number of nitrogens with zero attached hydrogens (tertiary/aromatic N) is 2. The molecule has 0 aliphatic carbocycles. The molecule has 0 radical (unpaired) electrons. The molecule has 24 heavy (non-hydrogen) atoms. The first-order valence-electron chi connectivity index (χ1n) is 8.11. The fourth-order valence-electron chi connectivity index (χ4n) is 2.78. The average Bonchev–Trinajstić information content (AvgIpc) is 2.87. The van der Waals surface area contributed by atoms with E-state index < -0.39 is 0 Å². The van der Waals surface area contributed by atoms with E-state index in [-0.39, 0.29) is 5.91 Å². The molecule has 1 aromatic carbocycles. The summed E-state index contributed by atoms with van der Waals surface area (Å²) in [6.07, 6.45) is 6.17. The molecule has 0 saturated carbocycles. The number of benzene rings is 1. The second kappa shape index (κ2) is 7.86. The molecular formula is C18H19Cl2N3O. The van der Waals surface area contributed by atoms with Crippen molar-refractivity contribution in [2.24, 2.45) is 0 Å². The van der Waals surface area contributed by atoms with Gasteiger partial charge >= 0.3 is 0 Å². The van der Waals surface area contributed by atoms with Gasteiger partial charge in [0.1, 0.15) is 5.69 Å². The third-order valence-corrected chi connectivity index (χ3v) is 4.65. The number of carbonyl (C=O) groups excluding carboxylic acids is 1. The van der Waals surface area contributed by atoms with Gasteiger partial charge in [-0.2, -0.15) is 0 Å². The van der Waals surface area contributed by atoms with Crippen LogP contribution in [-0.2, 0) is 0 Å². The zero-order valence-electron chi connectivity index (χ0n) is 13.3. The predicted molar refractivity (Wildman–Crippen MR) is 98.4 cm³/mol. The monoisotopic (exact) mass is 363 g/mol. The number of anilines is 2. The van der Waals surface area contributed by atoms with Gasteiger partial charge in [-0.25, -0.2) is 4.98 Å². The lowest BCUT2D eigenvalue weighted by atomic mass is 10.2. The van der Waals surface area contributed by atoms with Gasteiger partial charge in [0.05, 0.1) is 22.6 Å². The Labute approximate surface area is 151 Å². The van der Waals surface area contributed by atoms with Crippen LogP contribution in [0.3, 0.4) is 0 Å². The predicted octanol–water partition coefficient (Wildman–Crippen LogP) is 5.15. The summed E-state index contributed by atoms with van der Waals surface area (Å²) < 4.78 is 0. The van der Waals surface area contributed by atoms with E-state index in [0.717, 1.165) is 31.6 Å². The Morgan fingerprint density at radius 1 is 1.04 bits per heavy atom. The van der Waals surface area contributed by atoms with E-state index in [4.69, 9.17) is 23.2 Å². The maximum atomic E-state index is 12.5. The van der Waals surface area contributed by atoms with Crippen molar-refractivity contribution in [3.63, 3.8) is 0 Å². The largest absolute Gasteiger partial charge is 0.353 e. The van der Waals surface area contributed by atoms with Crippen molar-refractivity contribution in [3.05, 3.63) is 52.3 Å². The van der Waals surface area contributed by atoms with Gasteiger partial charge in [-0.3, -0.25) is 4.79 Å².